The van der Waals surface area contributed by atoms with Gasteiger partial charge in [-0.05, 0) is 82.9 Å². The average molecular weight is 823 g/mol. The van der Waals surface area contributed by atoms with Gasteiger partial charge in [-0.25, -0.2) is 15.0 Å². The van der Waals surface area contributed by atoms with E-state index in [2.05, 4.69) is 193 Å². The van der Waals surface area contributed by atoms with E-state index >= 15 is 0 Å². The normalized spacial score (nSPS) is 11.8. The molecule has 0 spiro atoms. The molecule has 0 aliphatic rings. The Bertz CT molecular complexity index is 3940. The van der Waals surface area contributed by atoms with Crippen LogP contribution in [0.5, 0.6) is 0 Å². The highest BCUT2D eigenvalue weighted by Gasteiger charge is 2.22. The van der Waals surface area contributed by atoms with Crippen molar-refractivity contribution >= 4 is 75.3 Å². The lowest BCUT2D eigenvalue weighted by Gasteiger charge is -2.15. The fourth-order valence-electron chi connectivity index (χ4n) is 9.38. The molecule has 0 aliphatic heterocycles. The third-order valence-electron chi connectivity index (χ3n) is 12.3. The van der Waals surface area contributed by atoms with Crippen LogP contribution in [0.15, 0.2) is 211 Å². The van der Waals surface area contributed by atoms with Crippen molar-refractivity contribution in [2.45, 2.75) is 0 Å². The van der Waals surface area contributed by atoms with E-state index < -0.39 is 0 Å². The molecular formula is C57H34N4OS. The van der Waals surface area contributed by atoms with Crippen molar-refractivity contribution in [1.29, 1.82) is 0 Å². The summed E-state index contributed by atoms with van der Waals surface area (Å²) >= 11 is 1.78. The van der Waals surface area contributed by atoms with Crippen molar-refractivity contribution in [3.8, 4) is 62.1 Å². The lowest BCUT2D eigenvalue weighted by Crippen LogP contribution is -2.04. The summed E-state index contributed by atoms with van der Waals surface area (Å²) < 4.78 is 10.9. The van der Waals surface area contributed by atoms with Gasteiger partial charge in [0.2, 0.25) is 0 Å². The molecule has 0 fully saturated rings. The summed E-state index contributed by atoms with van der Waals surface area (Å²) in [6, 6.07) is 72.7. The van der Waals surface area contributed by atoms with Crippen molar-refractivity contribution in [2.75, 3.05) is 0 Å². The number of hydrogen-bond donors (Lipinski definition) is 0. The van der Waals surface area contributed by atoms with Gasteiger partial charge in [0.15, 0.2) is 17.5 Å². The molecule has 0 radical (unpaired) electrons. The van der Waals surface area contributed by atoms with Gasteiger partial charge < -0.3 is 8.98 Å². The Morgan fingerprint density at radius 1 is 0.349 bits per heavy atom. The molecule has 0 atom stereocenters. The summed E-state index contributed by atoms with van der Waals surface area (Å²) in [5.74, 6) is 1.87. The highest BCUT2D eigenvalue weighted by Crippen LogP contribution is 2.42. The molecule has 13 aromatic rings. The zero-order valence-electron chi connectivity index (χ0n) is 33.7. The predicted octanol–water partition coefficient (Wildman–Crippen LogP) is 15.6. The van der Waals surface area contributed by atoms with E-state index in [-0.39, 0.29) is 0 Å². The SMILES string of the molecule is c1ccc(-c2ccccc2-c2nc(-c3ccccc3-n3c4ccccc4c4cc(-c5ccc6oc7ccccc7c6c5)ccc43)nc(-c3cccc4c3sc3ccccc34)n2)cc1. The second kappa shape index (κ2) is 14.2. The number of nitrogens with zero attached hydrogens (tertiary/aromatic N) is 4. The first kappa shape index (κ1) is 35.6. The summed E-state index contributed by atoms with van der Waals surface area (Å²) in [7, 11) is 0. The van der Waals surface area contributed by atoms with E-state index in [0.29, 0.717) is 17.5 Å². The Morgan fingerprint density at radius 3 is 1.78 bits per heavy atom. The van der Waals surface area contributed by atoms with Crippen molar-refractivity contribution in [3.05, 3.63) is 206 Å². The quantitative estimate of drug-likeness (QED) is 0.168. The first-order chi connectivity index (χ1) is 31.2. The first-order valence-corrected chi connectivity index (χ1v) is 21.9. The Labute approximate surface area is 365 Å². The lowest BCUT2D eigenvalue weighted by atomic mass is 9.99. The van der Waals surface area contributed by atoms with E-state index in [1.165, 1.54) is 26.2 Å². The van der Waals surface area contributed by atoms with E-state index in [4.69, 9.17) is 19.4 Å². The molecule has 0 amide bonds. The molecule has 0 saturated heterocycles. The zero-order chi connectivity index (χ0) is 41.4. The van der Waals surface area contributed by atoms with Gasteiger partial charge in [-0.15, -0.1) is 11.3 Å². The van der Waals surface area contributed by atoms with Crippen molar-refractivity contribution in [1.82, 2.24) is 19.5 Å². The van der Waals surface area contributed by atoms with E-state index in [1.807, 2.05) is 18.2 Å². The van der Waals surface area contributed by atoms with E-state index in [0.717, 1.165) is 82.3 Å². The molecule has 5 nitrogen and oxygen atoms in total. The summed E-state index contributed by atoms with van der Waals surface area (Å²) in [6.07, 6.45) is 0. The van der Waals surface area contributed by atoms with Crippen LogP contribution in [0.1, 0.15) is 0 Å². The maximum atomic E-state index is 6.18. The van der Waals surface area contributed by atoms with Gasteiger partial charge in [0.1, 0.15) is 11.2 Å². The summed E-state index contributed by atoms with van der Waals surface area (Å²) in [6.45, 7) is 0. The van der Waals surface area contributed by atoms with Crippen molar-refractivity contribution < 1.29 is 4.42 Å². The number of hydrogen-bond acceptors (Lipinski definition) is 5. The minimum atomic E-state index is 0.606. The molecule has 4 heterocycles. The average Bonchev–Trinajstić information content (AvgIpc) is 4.03. The molecule has 0 bridgehead atoms. The maximum absolute atomic E-state index is 6.18. The Balaban J connectivity index is 1.03. The standard InChI is InChI=1S/C57H34N4OS/c1-2-15-35(16-3-1)38-17-4-5-21-43(38)55-58-56(60-57(59-55)45-24-14-23-42-41-20-9-13-28-53(41)63-54(42)45)44-22-7-11-26-49(44)61-48-25-10-6-18-39(48)46-33-36(29-31-50(46)61)37-30-32-52-47(34-37)40-19-8-12-27-51(40)62-52/h1-34H. The molecule has 4 aromatic heterocycles. The molecular weight excluding hydrogens is 789 g/mol. The second-order valence-corrected chi connectivity index (χ2v) is 17.0. The Kier molecular flexibility index (Phi) is 8.01. The molecule has 9 aromatic carbocycles. The smallest absolute Gasteiger partial charge is 0.166 e. The second-order valence-electron chi connectivity index (χ2n) is 15.9. The van der Waals surface area contributed by atoms with Crippen LogP contribution in [0.25, 0.3) is 126 Å². The van der Waals surface area contributed by atoms with Gasteiger partial charge in [-0.2, -0.15) is 0 Å². The van der Waals surface area contributed by atoms with Crippen LogP contribution >= 0.6 is 11.3 Å². The molecule has 0 N–H and O–H groups in total. The Hall–Kier alpha value is -8.19. The van der Waals surface area contributed by atoms with Gasteiger partial charge in [0.05, 0.1) is 16.7 Å². The van der Waals surface area contributed by atoms with Crippen LogP contribution in [0, 0.1) is 0 Å². The summed E-state index contributed by atoms with van der Waals surface area (Å²) in [4.78, 5) is 16.1. The van der Waals surface area contributed by atoms with Crippen LogP contribution < -0.4 is 0 Å². The topological polar surface area (TPSA) is 56.7 Å². The zero-order valence-corrected chi connectivity index (χ0v) is 34.6. The molecule has 6 heteroatoms. The highest BCUT2D eigenvalue weighted by atomic mass is 32.1. The third-order valence-corrected chi connectivity index (χ3v) is 13.5. The number of furan rings is 1. The van der Waals surface area contributed by atoms with Gasteiger partial charge in [0.25, 0.3) is 0 Å². The monoisotopic (exact) mass is 822 g/mol. The number of fused-ring (bicyclic) bond motifs is 9. The minimum absolute atomic E-state index is 0.606. The molecule has 63 heavy (non-hydrogen) atoms. The summed E-state index contributed by atoms with van der Waals surface area (Å²) in [5, 5.41) is 7.01. The molecule has 13 rings (SSSR count). The van der Waals surface area contributed by atoms with Gasteiger partial charge in [-0.1, -0.05) is 146 Å². The van der Waals surface area contributed by atoms with E-state index in [1.54, 1.807) is 11.3 Å². The molecule has 0 unspecified atom stereocenters. The minimum Gasteiger partial charge on any atom is -0.456 e. The number of aromatic nitrogens is 4. The highest BCUT2D eigenvalue weighted by molar-refractivity contribution is 7.26. The number of rotatable bonds is 6. The fourth-order valence-corrected chi connectivity index (χ4v) is 10.6. The third kappa shape index (κ3) is 5.73. The predicted molar refractivity (Wildman–Crippen MR) is 262 cm³/mol. The largest absolute Gasteiger partial charge is 0.456 e. The van der Waals surface area contributed by atoms with Crippen LogP contribution in [0.2, 0.25) is 0 Å². The first-order valence-electron chi connectivity index (χ1n) is 21.1. The van der Waals surface area contributed by atoms with Crippen LogP contribution in [-0.4, -0.2) is 19.5 Å². The van der Waals surface area contributed by atoms with Crippen LogP contribution in [-0.2, 0) is 0 Å². The van der Waals surface area contributed by atoms with Crippen LogP contribution in [0.3, 0.4) is 0 Å². The maximum Gasteiger partial charge on any atom is 0.166 e. The Morgan fingerprint density at radius 2 is 0.921 bits per heavy atom. The van der Waals surface area contributed by atoms with E-state index in [9.17, 15) is 0 Å². The van der Waals surface area contributed by atoms with Gasteiger partial charge >= 0.3 is 0 Å². The molecule has 294 valence electrons. The number of thiophene rings is 1. The molecule has 0 saturated carbocycles. The number of para-hydroxylation sites is 3. The van der Waals surface area contributed by atoms with Crippen molar-refractivity contribution in [3.63, 3.8) is 0 Å². The number of benzene rings is 9. The summed E-state index contributed by atoms with van der Waals surface area (Å²) in [5.41, 5.74) is 12.3. The van der Waals surface area contributed by atoms with Gasteiger partial charge in [0, 0.05) is 58.4 Å². The van der Waals surface area contributed by atoms with Gasteiger partial charge in [-0.3, -0.25) is 0 Å². The van der Waals surface area contributed by atoms with Crippen LogP contribution in [0.4, 0.5) is 0 Å². The fraction of sp³-hybridized carbons (Fsp3) is 0. The lowest BCUT2D eigenvalue weighted by molar-refractivity contribution is 0.669. The van der Waals surface area contributed by atoms with Crippen molar-refractivity contribution in [2.24, 2.45) is 0 Å². The molecule has 0 aliphatic carbocycles.